The van der Waals surface area contributed by atoms with Crippen LogP contribution in [0.5, 0.6) is 5.75 Å². The number of methoxy groups -OCH3 is 1. The number of halogens is 1. The molecular formula is C21H25ClN2O5. The maximum absolute atomic E-state index is 12.7. The van der Waals surface area contributed by atoms with Crippen molar-refractivity contribution in [1.82, 2.24) is 10.4 Å². The first-order valence-electron chi connectivity index (χ1n) is 9.10. The van der Waals surface area contributed by atoms with Gasteiger partial charge in [-0.05, 0) is 54.8 Å². The Balaban J connectivity index is 2.16. The van der Waals surface area contributed by atoms with E-state index in [9.17, 15) is 14.7 Å². The van der Waals surface area contributed by atoms with Crippen molar-refractivity contribution in [3.63, 3.8) is 0 Å². The molecule has 0 saturated carbocycles. The molecule has 0 heterocycles. The van der Waals surface area contributed by atoms with E-state index in [0.29, 0.717) is 22.8 Å². The summed E-state index contributed by atoms with van der Waals surface area (Å²) in [5.41, 5.74) is 2.94. The van der Waals surface area contributed by atoms with E-state index in [1.165, 1.54) is 4.90 Å². The molecule has 2 aromatic rings. The molecule has 0 aromatic heterocycles. The number of benzene rings is 2. The van der Waals surface area contributed by atoms with Crippen LogP contribution in [0, 0.1) is 5.92 Å². The maximum atomic E-state index is 12.7. The van der Waals surface area contributed by atoms with E-state index in [2.05, 4.69) is 0 Å². The zero-order chi connectivity index (χ0) is 21.4. The van der Waals surface area contributed by atoms with Crippen molar-refractivity contribution in [2.24, 2.45) is 5.92 Å². The number of carbonyl (C=O) groups excluding carboxylic acids is 2. The van der Waals surface area contributed by atoms with Crippen LogP contribution in [0.3, 0.4) is 0 Å². The Morgan fingerprint density at radius 2 is 1.90 bits per heavy atom. The van der Waals surface area contributed by atoms with E-state index in [4.69, 9.17) is 21.5 Å². The second-order valence-electron chi connectivity index (χ2n) is 6.72. The summed E-state index contributed by atoms with van der Waals surface area (Å²) in [6.45, 7) is -0.330. The molecule has 2 rings (SSSR count). The molecule has 0 aliphatic rings. The molecule has 2 unspecified atom stereocenters. The third-order valence-electron chi connectivity index (χ3n) is 4.82. The molecule has 156 valence electrons. The van der Waals surface area contributed by atoms with Crippen LogP contribution in [0.4, 0.5) is 0 Å². The van der Waals surface area contributed by atoms with Crippen molar-refractivity contribution in [1.29, 1.82) is 0 Å². The van der Waals surface area contributed by atoms with Crippen molar-refractivity contribution < 1.29 is 24.6 Å². The number of likely N-dealkylation sites (N-methyl/N-ethyl adjacent to an activating group) is 1. The lowest BCUT2D eigenvalue weighted by atomic mass is 9.91. The standard InChI is InChI=1S/C21H25ClN2O5/c1-24(21(27)15-6-8-17(22)9-7-15)18(13-25)12-16(20(26)23-28)10-14-4-3-5-19(11-14)29-2/h3-9,11,16,18,25,28H,10,12-13H2,1-2H3,(H,23,26). The lowest BCUT2D eigenvalue weighted by Gasteiger charge is -2.29. The zero-order valence-electron chi connectivity index (χ0n) is 16.3. The minimum Gasteiger partial charge on any atom is -0.497 e. The average Bonchev–Trinajstić information content (AvgIpc) is 2.75. The van der Waals surface area contributed by atoms with Gasteiger partial charge in [0.25, 0.3) is 5.91 Å². The summed E-state index contributed by atoms with van der Waals surface area (Å²) in [6.07, 6.45) is 0.471. The Bertz CT molecular complexity index is 828. The lowest BCUT2D eigenvalue weighted by Crippen LogP contribution is -2.43. The predicted octanol–water partition coefficient (Wildman–Crippen LogP) is 2.54. The van der Waals surface area contributed by atoms with Gasteiger partial charge in [0.2, 0.25) is 5.91 Å². The third-order valence-corrected chi connectivity index (χ3v) is 5.08. The fourth-order valence-electron chi connectivity index (χ4n) is 3.10. The van der Waals surface area contributed by atoms with Crippen molar-refractivity contribution in [3.8, 4) is 5.75 Å². The fraction of sp³-hybridized carbons (Fsp3) is 0.333. The van der Waals surface area contributed by atoms with Gasteiger partial charge in [0.1, 0.15) is 5.75 Å². The van der Waals surface area contributed by atoms with Gasteiger partial charge in [-0.15, -0.1) is 0 Å². The quantitative estimate of drug-likeness (QED) is 0.427. The summed E-state index contributed by atoms with van der Waals surface area (Å²) in [7, 11) is 3.12. The highest BCUT2D eigenvalue weighted by molar-refractivity contribution is 6.30. The summed E-state index contributed by atoms with van der Waals surface area (Å²) in [6, 6.07) is 13.0. The number of aliphatic hydroxyl groups is 1. The molecule has 2 aromatic carbocycles. The van der Waals surface area contributed by atoms with Gasteiger partial charge in [-0.3, -0.25) is 14.8 Å². The van der Waals surface area contributed by atoms with E-state index in [1.54, 1.807) is 56.0 Å². The molecule has 0 spiro atoms. The van der Waals surface area contributed by atoms with Crippen molar-refractivity contribution in [2.75, 3.05) is 20.8 Å². The number of aliphatic hydroxyl groups excluding tert-OH is 1. The number of hydrogen-bond acceptors (Lipinski definition) is 5. The molecule has 0 bridgehead atoms. The highest BCUT2D eigenvalue weighted by atomic mass is 35.5. The Hall–Kier alpha value is -2.61. The average molecular weight is 421 g/mol. The highest BCUT2D eigenvalue weighted by Gasteiger charge is 2.28. The van der Waals surface area contributed by atoms with Gasteiger partial charge in [-0.25, -0.2) is 5.48 Å². The van der Waals surface area contributed by atoms with Crippen LogP contribution in [0.2, 0.25) is 5.02 Å². The first-order valence-corrected chi connectivity index (χ1v) is 9.47. The molecule has 2 atom stereocenters. The summed E-state index contributed by atoms with van der Waals surface area (Å²) in [5, 5.41) is 19.5. The van der Waals surface area contributed by atoms with E-state index < -0.39 is 17.9 Å². The number of amides is 2. The molecule has 29 heavy (non-hydrogen) atoms. The molecule has 0 radical (unpaired) electrons. The summed E-state index contributed by atoms with van der Waals surface area (Å²) < 4.78 is 5.20. The number of ether oxygens (including phenoxy) is 1. The van der Waals surface area contributed by atoms with Gasteiger partial charge in [-0.1, -0.05) is 23.7 Å². The van der Waals surface area contributed by atoms with Crippen LogP contribution >= 0.6 is 11.6 Å². The van der Waals surface area contributed by atoms with Gasteiger partial charge in [-0.2, -0.15) is 0 Å². The Labute approximate surface area is 174 Å². The van der Waals surface area contributed by atoms with Gasteiger partial charge in [0.15, 0.2) is 0 Å². The van der Waals surface area contributed by atoms with Crippen molar-refractivity contribution >= 4 is 23.4 Å². The first-order chi connectivity index (χ1) is 13.9. The van der Waals surface area contributed by atoms with Gasteiger partial charge in [0, 0.05) is 23.6 Å². The first kappa shape index (κ1) is 22.7. The van der Waals surface area contributed by atoms with Gasteiger partial charge >= 0.3 is 0 Å². The van der Waals surface area contributed by atoms with Crippen LogP contribution in [-0.2, 0) is 11.2 Å². The highest BCUT2D eigenvalue weighted by Crippen LogP contribution is 2.21. The Morgan fingerprint density at radius 3 is 2.48 bits per heavy atom. The van der Waals surface area contributed by atoms with E-state index >= 15 is 0 Å². The number of hydrogen-bond donors (Lipinski definition) is 3. The normalized spacial score (nSPS) is 12.7. The molecule has 3 N–H and O–H groups in total. The number of carbonyl (C=O) groups is 2. The Morgan fingerprint density at radius 1 is 1.21 bits per heavy atom. The molecule has 8 heteroatoms. The molecule has 0 aliphatic heterocycles. The second-order valence-corrected chi connectivity index (χ2v) is 7.16. The second kappa shape index (κ2) is 10.8. The molecular weight excluding hydrogens is 396 g/mol. The molecule has 0 aliphatic carbocycles. The topological polar surface area (TPSA) is 99.1 Å². The van der Waals surface area contributed by atoms with Crippen LogP contribution < -0.4 is 10.2 Å². The number of rotatable bonds is 9. The van der Waals surface area contributed by atoms with E-state index in [1.807, 2.05) is 12.1 Å². The minimum atomic E-state index is -0.662. The molecule has 7 nitrogen and oxygen atoms in total. The van der Waals surface area contributed by atoms with Crippen LogP contribution in [0.15, 0.2) is 48.5 Å². The number of nitrogens with one attached hydrogen (secondary N) is 1. The number of nitrogens with zero attached hydrogens (tertiary/aromatic N) is 1. The van der Waals surface area contributed by atoms with E-state index in [-0.39, 0.29) is 18.9 Å². The third kappa shape index (κ3) is 6.19. The SMILES string of the molecule is COc1cccc(CC(CC(CO)N(C)C(=O)c2ccc(Cl)cc2)C(=O)NO)c1. The van der Waals surface area contributed by atoms with E-state index in [0.717, 1.165) is 5.56 Å². The molecule has 0 fully saturated rings. The summed E-state index contributed by atoms with van der Waals surface area (Å²) >= 11 is 5.86. The zero-order valence-corrected chi connectivity index (χ0v) is 17.1. The predicted molar refractivity (Wildman–Crippen MR) is 109 cm³/mol. The lowest BCUT2D eigenvalue weighted by molar-refractivity contribution is -0.134. The van der Waals surface area contributed by atoms with Crippen LogP contribution in [0.1, 0.15) is 22.3 Å². The Kier molecular flexibility index (Phi) is 8.45. The van der Waals surface area contributed by atoms with Crippen molar-refractivity contribution in [2.45, 2.75) is 18.9 Å². The molecule has 0 saturated heterocycles. The van der Waals surface area contributed by atoms with Crippen LogP contribution in [-0.4, -0.2) is 53.8 Å². The summed E-state index contributed by atoms with van der Waals surface area (Å²) in [5.74, 6) is -0.895. The molecule has 2 amide bonds. The monoisotopic (exact) mass is 420 g/mol. The maximum Gasteiger partial charge on any atom is 0.253 e. The smallest absolute Gasteiger partial charge is 0.253 e. The van der Waals surface area contributed by atoms with Crippen molar-refractivity contribution in [3.05, 3.63) is 64.7 Å². The van der Waals surface area contributed by atoms with Gasteiger partial charge < -0.3 is 14.7 Å². The largest absolute Gasteiger partial charge is 0.497 e. The summed E-state index contributed by atoms with van der Waals surface area (Å²) in [4.78, 5) is 26.3. The fourth-order valence-corrected chi connectivity index (χ4v) is 3.23. The minimum absolute atomic E-state index is 0.163. The van der Waals surface area contributed by atoms with Crippen LogP contribution in [0.25, 0.3) is 0 Å². The van der Waals surface area contributed by atoms with Gasteiger partial charge in [0.05, 0.1) is 19.8 Å². The number of hydroxylamine groups is 1.